The lowest BCUT2D eigenvalue weighted by Crippen LogP contribution is -2.44. The Labute approximate surface area is 191 Å². The fourth-order valence-electron chi connectivity index (χ4n) is 4.74. The molecule has 1 aliphatic heterocycles. The first-order valence-electron chi connectivity index (χ1n) is 9.91. The van der Waals surface area contributed by atoms with E-state index in [1.165, 1.54) is 11.0 Å². The van der Waals surface area contributed by atoms with Crippen molar-refractivity contribution < 1.29 is 18.4 Å². The van der Waals surface area contributed by atoms with Crippen molar-refractivity contribution in [1.29, 1.82) is 0 Å². The molecule has 162 valence electrons. The normalized spacial score (nSPS) is 26.8. The van der Waals surface area contributed by atoms with Crippen molar-refractivity contribution in [1.82, 2.24) is 15.5 Å². The van der Waals surface area contributed by atoms with E-state index >= 15 is 0 Å². The average molecular weight is 530 g/mol. The van der Waals surface area contributed by atoms with Gasteiger partial charge in [-0.05, 0) is 48.4 Å². The molecule has 9 heteroatoms. The van der Waals surface area contributed by atoms with Gasteiger partial charge in [0.1, 0.15) is 11.6 Å². The first-order valence-corrected chi connectivity index (χ1v) is 9.91. The second-order valence-electron chi connectivity index (χ2n) is 7.74. The van der Waals surface area contributed by atoms with Crippen LogP contribution in [0.25, 0.3) is 0 Å². The maximum absolute atomic E-state index is 13.7. The highest BCUT2D eigenvalue weighted by molar-refractivity contribution is 14.0. The first-order chi connectivity index (χ1) is 14.0. The van der Waals surface area contributed by atoms with Crippen LogP contribution in [0.1, 0.15) is 12.0 Å². The predicted octanol–water partition coefficient (Wildman–Crippen LogP) is 2.10. The molecule has 3 aliphatic rings. The molecular formula is C21H25F2IN4O2. The van der Waals surface area contributed by atoms with Crippen LogP contribution >= 0.6 is 24.0 Å². The number of hydrogen-bond acceptors (Lipinski definition) is 3. The molecule has 1 aromatic carbocycles. The first kappa shape index (κ1) is 22.6. The minimum atomic E-state index is -0.475. The van der Waals surface area contributed by atoms with Gasteiger partial charge < -0.3 is 10.6 Å². The maximum Gasteiger partial charge on any atom is 0.233 e. The van der Waals surface area contributed by atoms with Gasteiger partial charge in [0.05, 0.1) is 11.8 Å². The fraction of sp³-hybridized carbons (Fsp3) is 0.476. The summed E-state index contributed by atoms with van der Waals surface area (Å²) in [4.78, 5) is 30.8. The molecule has 2 amide bonds. The Balaban J connectivity index is 0.00000256. The van der Waals surface area contributed by atoms with Crippen molar-refractivity contribution >= 4 is 41.8 Å². The Morgan fingerprint density at radius 1 is 1.10 bits per heavy atom. The van der Waals surface area contributed by atoms with Crippen LogP contribution in [0, 0.1) is 35.3 Å². The molecule has 4 rings (SSSR count). The van der Waals surface area contributed by atoms with Gasteiger partial charge in [-0.25, -0.2) is 8.78 Å². The van der Waals surface area contributed by atoms with E-state index in [0.29, 0.717) is 25.5 Å². The van der Waals surface area contributed by atoms with Gasteiger partial charge in [0.25, 0.3) is 0 Å². The molecule has 0 spiro atoms. The molecule has 2 aliphatic carbocycles. The number of carbonyl (C=O) groups is 2. The summed E-state index contributed by atoms with van der Waals surface area (Å²) in [5.41, 5.74) is 0.288. The smallest absolute Gasteiger partial charge is 0.233 e. The zero-order valence-electron chi connectivity index (χ0n) is 16.6. The largest absolute Gasteiger partial charge is 0.356 e. The number of nitrogens with zero attached hydrogens (tertiary/aromatic N) is 2. The Hall–Kier alpha value is -2.04. The van der Waals surface area contributed by atoms with Crippen molar-refractivity contribution in [2.75, 3.05) is 26.7 Å². The van der Waals surface area contributed by atoms with Gasteiger partial charge >= 0.3 is 0 Å². The summed E-state index contributed by atoms with van der Waals surface area (Å²) < 4.78 is 26.9. The third-order valence-electron chi connectivity index (χ3n) is 6.11. The third-order valence-corrected chi connectivity index (χ3v) is 6.11. The van der Waals surface area contributed by atoms with Crippen LogP contribution in [0.3, 0.4) is 0 Å². The number of halogens is 3. The van der Waals surface area contributed by atoms with E-state index in [9.17, 15) is 18.4 Å². The number of benzene rings is 1. The third kappa shape index (κ3) is 4.21. The van der Waals surface area contributed by atoms with E-state index in [0.717, 1.165) is 18.6 Å². The lowest BCUT2D eigenvalue weighted by molar-refractivity contribution is -0.140. The summed E-state index contributed by atoms with van der Waals surface area (Å²) in [6, 6.07) is 3.37. The highest BCUT2D eigenvalue weighted by Crippen LogP contribution is 2.52. The Morgan fingerprint density at radius 3 is 2.37 bits per heavy atom. The number of amides is 2. The number of guanidine groups is 1. The predicted molar refractivity (Wildman–Crippen MR) is 119 cm³/mol. The fourth-order valence-corrected chi connectivity index (χ4v) is 4.74. The van der Waals surface area contributed by atoms with Gasteiger partial charge in [-0.1, -0.05) is 12.2 Å². The van der Waals surface area contributed by atoms with E-state index in [1.807, 2.05) is 0 Å². The number of hydrogen-bond donors (Lipinski definition) is 2. The van der Waals surface area contributed by atoms with E-state index in [-0.39, 0.29) is 71.6 Å². The summed E-state index contributed by atoms with van der Waals surface area (Å²) in [6.07, 6.45) is 5.37. The molecule has 2 bridgehead atoms. The van der Waals surface area contributed by atoms with Crippen LogP contribution in [0.4, 0.5) is 8.78 Å². The van der Waals surface area contributed by atoms with Crippen LogP contribution in [0.2, 0.25) is 0 Å². The van der Waals surface area contributed by atoms with Crippen LogP contribution in [-0.4, -0.2) is 49.4 Å². The van der Waals surface area contributed by atoms with E-state index in [4.69, 9.17) is 0 Å². The molecule has 4 unspecified atom stereocenters. The Kier molecular flexibility index (Phi) is 7.10. The van der Waals surface area contributed by atoms with Crippen LogP contribution in [-0.2, 0) is 16.0 Å². The van der Waals surface area contributed by atoms with Crippen molar-refractivity contribution in [2.24, 2.45) is 28.7 Å². The van der Waals surface area contributed by atoms with E-state index in [2.05, 4.69) is 27.8 Å². The SMILES string of the molecule is CN=C(NCCc1cc(F)ccc1F)NCCN1C(=O)C2C3C=CC(C3)C2C1=O.I. The molecular weight excluding hydrogens is 505 g/mol. The van der Waals surface area contributed by atoms with Gasteiger partial charge in [0, 0.05) is 26.7 Å². The second-order valence-corrected chi connectivity index (χ2v) is 7.74. The Bertz CT molecular complexity index is 862. The standard InChI is InChI=1S/C21H24F2N4O2.HI/c1-24-21(25-7-6-12-11-15(22)4-5-16(12)23)26-8-9-27-19(28)17-13-2-3-14(10-13)18(17)20(27)29;/h2-5,11,13-14,17-18H,6-10H2,1H3,(H2,24,25,26);1H. The van der Waals surface area contributed by atoms with Crippen molar-refractivity contribution in [3.8, 4) is 0 Å². The van der Waals surface area contributed by atoms with E-state index in [1.54, 1.807) is 7.05 Å². The van der Waals surface area contributed by atoms with Gasteiger partial charge in [-0.15, -0.1) is 24.0 Å². The number of rotatable bonds is 6. The minimum absolute atomic E-state index is 0. The van der Waals surface area contributed by atoms with E-state index < -0.39 is 11.6 Å². The van der Waals surface area contributed by atoms with Gasteiger partial charge in [0.15, 0.2) is 5.96 Å². The summed E-state index contributed by atoms with van der Waals surface area (Å²) in [7, 11) is 1.60. The van der Waals surface area contributed by atoms with Gasteiger partial charge in [0.2, 0.25) is 11.8 Å². The molecule has 1 aromatic rings. The highest BCUT2D eigenvalue weighted by atomic mass is 127. The molecule has 2 fully saturated rings. The average Bonchev–Trinajstić information content (AvgIpc) is 3.38. The lowest BCUT2D eigenvalue weighted by Gasteiger charge is -2.18. The zero-order valence-corrected chi connectivity index (χ0v) is 18.9. The molecule has 2 N–H and O–H groups in total. The summed E-state index contributed by atoms with van der Waals surface area (Å²) in [5.74, 6) is -0.538. The molecule has 4 atom stereocenters. The van der Waals surface area contributed by atoms with Crippen molar-refractivity contribution in [3.63, 3.8) is 0 Å². The summed E-state index contributed by atoms with van der Waals surface area (Å²) in [6.45, 7) is 1.01. The molecule has 6 nitrogen and oxygen atoms in total. The minimum Gasteiger partial charge on any atom is -0.356 e. The molecule has 0 aromatic heterocycles. The molecule has 0 radical (unpaired) electrons. The number of allylic oxidation sites excluding steroid dienone is 2. The number of imide groups is 1. The van der Waals surface area contributed by atoms with Gasteiger partial charge in [-0.3, -0.25) is 19.5 Å². The quantitative estimate of drug-likeness (QED) is 0.194. The number of nitrogens with one attached hydrogen (secondary N) is 2. The monoisotopic (exact) mass is 530 g/mol. The number of aliphatic imine (C=N–C) groups is 1. The van der Waals surface area contributed by atoms with Gasteiger partial charge in [-0.2, -0.15) is 0 Å². The van der Waals surface area contributed by atoms with Crippen LogP contribution in [0.15, 0.2) is 35.3 Å². The number of fused-ring (bicyclic) bond motifs is 5. The number of likely N-dealkylation sites (tertiary alicyclic amines) is 1. The zero-order chi connectivity index (χ0) is 20.5. The number of carbonyl (C=O) groups excluding carboxylic acids is 2. The summed E-state index contributed by atoms with van der Waals surface area (Å²) >= 11 is 0. The topological polar surface area (TPSA) is 73.8 Å². The maximum atomic E-state index is 13.7. The van der Waals surface area contributed by atoms with Crippen LogP contribution in [0.5, 0.6) is 0 Å². The molecule has 1 heterocycles. The van der Waals surface area contributed by atoms with Crippen molar-refractivity contribution in [2.45, 2.75) is 12.8 Å². The van der Waals surface area contributed by atoms with Crippen molar-refractivity contribution in [3.05, 3.63) is 47.5 Å². The summed E-state index contributed by atoms with van der Waals surface area (Å²) in [5, 5.41) is 6.09. The second kappa shape index (κ2) is 9.40. The van der Waals surface area contributed by atoms with Crippen LogP contribution < -0.4 is 10.6 Å². The molecule has 30 heavy (non-hydrogen) atoms. The lowest BCUT2D eigenvalue weighted by atomic mass is 9.85. The molecule has 1 saturated carbocycles. The molecule has 1 saturated heterocycles. The highest BCUT2D eigenvalue weighted by Gasteiger charge is 2.58. The Morgan fingerprint density at radius 2 is 1.73 bits per heavy atom.